The van der Waals surface area contributed by atoms with E-state index in [0.717, 1.165) is 0 Å². The molecule has 2 aromatic rings. The Balaban J connectivity index is 2.13. The molecule has 8 heteroatoms. The SMILES string of the molecule is CC(C)COC(=O)c1ccc(N=Cc2c(O)[nH]c(=S)[nH]c2=O)cc1. The number of H-pyrrole nitrogens is 2. The van der Waals surface area contributed by atoms with Gasteiger partial charge in [-0.2, -0.15) is 0 Å². The quantitative estimate of drug-likeness (QED) is 0.438. The van der Waals surface area contributed by atoms with Crippen LogP contribution in [0.15, 0.2) is 34.1 Å². The molecule has 0 bridgehead atoms. The van der Waals surface area contributed by atoms with Crippen molar-refractivity contribution in [3.63, 3.8) is 0 Å². The van der Waals surface area contributed by atoms with Crippen LogP contribution < -0.4 is 5.56 Å². The Morgan fingerprint density at radius 1 is 1.33 bits per heavy atom. The molecule has 1 heterocycles. The molecule has 0 radical (unpaired) electrons. The summed E-state index contributed by atoms with van der Waals surface area (Å²) in [5.41, 5.74) is 0.341. The van der Waals surface area contributed by atoms with Crippen LogP contribution in [0.1, 0.15) is 29.8 Å². The van der Waals surface area contributed by atoms with Gasteiger partial charge in [-0.25, -0.2) is 4.79 Å². The normalized spacial score (nSPS) is 11.1. The predicted molar refractivity (Wildman–Crippen MR) is 92.7 cm³/mol. The standard InChI is InChI=1S/C16H17N3O4S/c1-9(2)8-23-15(22)10-3-5-11(6-4-10)17-7-12-13(20)18-16(24)19-14(12)21/h3-7,9H,8H2,1-2H3,(H3,18,19,20,21,24). The van der Waals surface area contributed by atoms with Crippen molar-refractivity contribution in [2.45, 2.75) is 13.8 Å². The molecular weight excluding hydrogens is 330 g/mol. The minimum atomic E-state index is -0.547. The number of carbonyl (C=O) groups is 1. The molecule has 0 aliphatic heterocycles. The number of aromatic amines is 2. The smallest absolute Gasteiger partial charge is 0.338 e. The Morgan fingerprint density at radius 2 is 2.00 bits per heavy atom. The first-order valence-corrected chi connectivity index (χ1v) is 7.64. The topological polar surface area (TPSA) is 108 Å². The third-order valence-electron chi connectivity index (χ3n) is 2.95. The molecule has 1 aromatic carbocycles. The van der Waals surface area contributed by atoms with Crippen LogP contribution in [-0.2, 0) is 4.74 Å². The third-order valence-corrected chi connectivity index (χ3v) is 3.16. The second-order valence-corrected chi connectivity index (χ2v) is 5.88. The highest BCUT2D eigenvalue weighted by Gasteiger charge is 2.08. The molecule has 7 nitrogen and oxygen atoms in total. The molecule has 0 saturated carbocycles. The number of esters is 1. The van der Waals surface area contributed by atoms with Crippen LogP contribution in [-0.4, -0.2) is 33.9 Å². The number of hydrogen-bond acceptors (Lipinski definition) is 6. The molecule has 24 heavy (non-hydrogen) atoms. The highest BCUT2D eigenvalue weighted by molar-refractivity contribution is 7.71. The van der Waals surface area contributed by atoms with E-state index in [2.05, 4.69) is 15.0 Å². The molecule has 0 spiro atoms. The molecule has 0 aliphatic carbocycles. The van der Waals surface area contributed by atoms with E-state index in [0.29, 0.717) is 17.9 Å². The Morgan fingerprint density at radius 3 is 2.58 bits per heavy atom. The summed E-state index contributed by atoms with van der Waals surface area (Å²) in [4.78, 5) is 32.4. The number of aromatic hydroxyl groups is 1. The lowest BCUT2D eigenvalue weighted by Gasteiger charge is -2.07. The maximum absolute atomic E-state index is 11.8. The van der Waals surface area contributed by atoms with Crippen molar-refractivity contribution >= 4 is 30.1 Å². The first kappa shape index (κ1) is 17.6. The van der Waals surface area contributed by atoms with Crippen LogP contribution in [0.2, 0.25) is 0 Å². The van der Waals surface area contributed by atoms with E-state index in [4.69, 9.17) is 17.0 Å². The van der Waals surface area contributed by atoms with Crippen LogP contribution in [0, 0.1) is 10.7 Å². The third kappa shape index (κ3) is 4.63. The molecule has 0 saturated heterocycles. The van der Waals surface area contributed by atoms with Crippen LogP contribution in [0.4, 0.5) is 5.69 Å². The van der Waals surface area contributed by atoms with E-state index in [1.807, 2.05) is 13.8 Å². The number of nitrogens with zero attached hydrogens (tertiary/aromatic N) is 1. The summed E-state index contributed by atoms with van der Waals surface area (Å²) in [7, 11) is 0. The summed E-state index contributed by atoms with van der Waals surface area (Å²) >= 11 is 4.74. The maximum atomic E-state index is 11.8. The lowest BCUT2D eigenvalue weighted by molar-refractivity contribution is 0.0459. The predicted octanol–water partition coefficient (Wildman–Crippen LogP) is 2.70. The van der Waals surface area contributed by atoms with Crippen molar-refractivity contribution in [1.82, 2.24) is 9.97 Å². The Hall–Kier alpha value is -2.74. The molecule has 0 amide bonds. The lowest BCUT2D eigenvalue weighted by atomic mass is 10.2. The highest BCUT2D eigenvalue weighted by atomic mass is 32.1. The molecule has 0 fully saturated rings. The van der Waals surface area contributed by atoms with E-state index in [1.165, 1.54) is 6.21 Å². The molecule has 3 N–H and O–H groups in total. The zero-order valence-electron chi connectivity index (χ0n) is 13.2. The monoisotopic (exact) mass is 347 g/mol. The maximum Gasteiger partial charge on any atom is 0.338 e. The number of hydrogen-bond donors (Lipinski definition) is 3. The first-order valence-electron chi connectivity index (χ1n) is 7.23. The zero-order valence-corrected chi connectivity index (χ0v) is 14.0. The fourth-order valence-electron chi connectivity index (χ4n) is 1.75. The molecule has 0 unspecified atom stereocenters. The van der Waals surface area contributed by atoms with Gasteiger partial charge in [-0.1, -0.05) is 13.8 Å². The minimum Gasteiger partial charge on any atom is -0.494 e. The Kier molecular flexibility index (Phi) is 5.64. The zero-order chi connectivity index (χ0) is 17.7. The van der Waals surface area contributed by atoms with Crippen molar-refractivity contribution in [3.8, 4) is 5.88 Å². The number of rotatable bonds is 5. The van der Waals surface area contributed by atoms with Crippen LogP contribution >= 0.6 is 12.2 Å². The average molecular weight is 347 g/mol. The van der Waals surface area contributed by atoms with Crippen LogP contribution in [0.25, 0.3) is 0 Å². The number of ether oxygens (including phenoxy) is 1. The van der Waals surface area contributed by atoms with Gasteiger partial charge in [-0.15, -0.1) is 0 Å². The van der Waals surface area contributed by atoms with Gasteiger partial charge in [0, 0.05) is 6.21 Å². The van der Waals surface area contributed by atoms with Gasteiger partial charge in [0.1, 0.15) is 5.56 Å². The van der Waals surface area contributed by atoms with E-state index < -0.39 is 11.5 Å². The van der Waals surface area contributed by atoms with Gasteiger partial charge in [0.15, 0.2) is 4.77 Å². The minimum absolute atomic E-state index is 0.0268. The summed E-state index contributed by atoms with van der Waals surface area (Å²) in [6.45, 7) is 4.27. The molecule has 2 rings (SSSR count). The van der Waals surface area contributed by atoms with E-state index >= 15 is 0 Å². The van der Waals surface area contributed by atoms with Crippen molar-refractivity contribution in [2.24, 2.45) is 10.9 Å². The highest BCUT2D eigenvalue weighted by Crippen LogP contribution is 2.15. The Bertz CT molecular complexity index is 866. The number of nitrogens with one attached hydrogen (secondary N) is 2. The van der Waals surface area contributed by atoms with Crippen LogP contribution in [0.5, 0.6) is 5.88 Å². The van der Waals surface area contributed by atoms with Gasteiger partial charge >= 0.3 is 5.97 Å². The second kappa shape index (κ2) is 7.69. The van der Waals surface area contributed by atoms with Crippen molar-refractivity contribution in [2.75, 3.05) is 6.61 Å². The molecular formula is C16H17N3O4S. The van der Waals surface area contributed by atoms with Gasteiger partial charge in [-0.3, -0.25) is 14.8 Å². The van der Waals surface area contributed by atoms with Crippen molar-refractivity contribution < 1.29 is 14.6 Å². The largest absolute Gasteiger partial charge is 0.494 e. The van der Waals surface area contributed by atoms with E-state index in [1.54, 1.807) is 24.3 Å². The van der Waals surface area contributed by atoms with Gasteiger partial charge in [0.05, 0.1) is 17.9 Å². The summed E-state index contributed by atoms with van der Waals surface area (Å²) in [5.74, 6) is -0.493. The van der Waals surface area contributed by atoms with Crippen LogP contribution in [0.3, 0.4) is 0 Å². The van der Waals surface area contributed by atoms with Crippen molar-refractivity contribution in [3.05, 3.63) is 50.5 Å². The molecule has 1 aromatic heterocycles. The van der Waals surface area contributed by atoms with Gasteiger partial charge in [0.25, 0.3) is 5.56 Å². The molecule has 0 aliphatic rings. The Labute approximate surface area is 143 Å². The summed E-state index contributed by atoms with van der Waals surface area (Å²) in [6, 6.07) is 6.38. The summed E-state index contributed by atoms with van der Waals surface area (Å²) < 4.78 is 5.16. The number of aliphatic imine (C=N–C) groups is 1. The van der Waals surface area contributed by atoms with Gasteiger partial charge in [-0.05, 0) is 42.4 Å². The molecule has 0 atom stereocenters. The first-order chi connectivity index (χ1) is 11.4. The fraction of sp³-hybridized carbons (Fsp3) is 0.250. The van der Waals surface area contributed by atoms with Crippen molar-refractivity contribution in [1.29, 1.82) is 0 Å². The number of aromatic nitrogens is 2. The van der Waals surface area contributed by atoms with E-state index in [9.17, 15) is 14.7 Å². The second-order valence-electron chi connectivity index (χ2n) is 5.47. The molecule has 126 valence electrons. The fourth-order valence-corrected chi connectivity index (χ4v) is 1.94. The number of carbonyl (C=O) groups excluding carboxylic acids is 1. The average Bonchev–Trinajstić information content (AvgIpc) is 2.52. The summed E-state index contributed by atoms with van der Waals surface area (Å²) in [5, 5.41) is 9.68. The number of benzene rings is 1. The lowest BCUT2D eigenvalue weighted by Crippen LogP contribution is -2.13. The van der Waals surface area contributed by atoms with E-state index in [-0.39, 0.29) is 22.1 Å². The van der Waals surface area contributed by atoms with Gasteiger partial charge < -0.3 is 14.8 Å². The van der Waals surface area contributed by atoms with Gasteiger partial charge in [0.2, 0.25) is 5.88 Å². The summed E-state index contributed by atoms with van der Waals surface area (Å²) in [6.07, 6.45) is 1.21.